The third kappa shape index (κ3) is 2.67. The van der Waals surface area contributed by atoms with Crippen LogP contribution in [-0.2, 0) is 19.1 Å². The summed E-state index contributed by atoms with van der Waals surface area (Å²) in [5.74, 6) is -1.01. The lowest BCUT2D eigenvalue weighted by molar-refractivity contribution is -0.139. The van der Waals surface area contributed by atoms with Gasteiger partial charge in [0.05, 0.1) is 18.0 Å². The fourth-order valence-electron chi connectivity index (χ4n) is 1.65. The highest BCUT2D eigenvalue weighted by Crippen LogP contribution is 2.24. The van der Waals surface area contributed by atoms with Crippen molar-refractivity contribution in [2.45, 2.75) is 6.92 Å². The third-order valence-electron chi connectivity index (χ3n) is 2.54. The van der Waals surface area contributed by atoms with E-state index in [9.17, 15) is 9.59 Å². The fourth-order valence-corrected chi connectivity index (χ4v) is 1.65. The normalized spacial score (nSPS) is 14.3. The molecule has 0 unspecified atom stereocenters. The molecule has 1 aliphatic rings. The van der Waals surface area contributed by atoms with Crippen LogP contribution in [0.1, 0.15) is 6.92 Å². The summed E-state index contributed by atoms with van der Waals surface area (Å²) in [5, 5.41) is 2.84. The van der Waals surface area contributed by atoms with Gasteiger partial charge in [-0.2, -0.15) is 0 Å². The van der Waals surface area contributed by atoms with Crippen LogP contribution < -0.4 is 11.1 Å². The van der Waals surface area contributed by atoms with E-state index in [0.717, 1.165) is 0 Å². The van der Waals surface area contributed by atoms with Crippen LogP contribution >= 0.6 is 0 Å². The fraction of sp³-hybridized carbons (Fsp3) is 0.231. The van der Waals surface area contributed by atoms with Crippen molar-refractivity contribution in [2.75, 3.05) is 24.3 Å². The van der Waals surface area contributed by atoms with Crippen LogP contribution in [0.3, 0.4) is 0 Å². The molecule has 0 fully saturated rings. The molecule has 0 bridgehead atoms. The third-order valence-corrected chi connectivity index (χ3v) is 2.54. The molecular formula is C13H14N2O4. The van der Waals surface area contributed by atoms with E-state index in [4.69, 9.17) is 15.2 Å². The lowest BCUT2D eigenvalue weighted by atomic mass is 10.2. The maximum absolute atomic E-state index is 11.7. The van der Waals surface area contributed by atoms with Crippen molar-refractivity contribution in [1.29, 1.82) is 0 Å². The summed E-state index contributed by atoms with van der Waals surface area (Å²) in [6.45, 7) is 1.68. The van der Waals surface area contributed by atoms with E-state index in [-0.39, 0.29) is 24.7 Å². The van der Waals surface area contributed by atoms with E-state index in [2.05, 4.69) is 5.32 Å². The van der Waals surface area contributed by atoms with Crippen molar-refractivity contribution < 1.29 is 19.1 Å². The molecule has 2 rings (SSSR count). The van der Waals surface area contributed by atoms with E-state index in [0.29, 0.717) is 11.4 Å². The van der Waals surface area contributed by atoms with Crippen molar-refractivity contribution in [3.8, 4) is 0 Å². The number of anilines is 2. The van der Waals surface area contributed by atoms with Gasteiger partial charge in [-0.05, 0) is 19.1 Å². The standard InChI is InChI=1S/C13H14N2O4/c1-2-18-13(17)11-10(16)7-19-12(11)15-9-6-4-3-5-8(9)14/h3-6,15H,2,7,14H2,1H3. The minimum atomic E-state index is -0.693. The first-order valence-corrected chi connectivity index (χ1v) is 5.82. The number of nitrogen functional groups attached to an aromatic ring is 1. The van der Waals surface area contributed by atoms with Crippen molar-refractivity contribution in [2.24, 2.45) is 0 Å². The number of nitrogens with two attached hydrogens (primary N) is 1. The van der Waals surface area contributed by atoms with Gasteiger partial charge in [-0.25, -0.2) is 4.79 Å². The van der Waals surface area contributed by atoms with Gasteiger partial charge in [0.15, 0.2) is 12.2 Å². The minimum absolute atomic E-state index is 0.0846. The Kier molecular flexibility index (Phi) is 3.70. The van der Waals surface area contributed by atoms with E-state index >= 15 is 0 Å². The number of rotatable bonds is 4. The molecule has 0 aliphatic carbocycles. The SMILES string of the molecule is CCOC(=O)C1=C(Nc2ccccc2N)OCC1=O. The van der Waals surface area contributed by atoms with Crippen LogP contribution in [0.4, 0.5) is 11.4 Å². The van der Waals surface area contributed by atoms with E-state index < -0.39 is 11.8 Å². The summed E-state index contributed by atoms with van der Waals surface area (Å²) >= 11 is 0. The predicted octanol–water partition coefficient (Wildman–Crippen LogP) is 1.05. The molecule has 0 radical (unpaired) electrons. The number of para-hydroxylation sites is 2. The summed E-state index contributed by atoms with van der Waals surface area (Å²) in [6.07, 6.45) is 0. The number of nitrogens with one attached hydrogen (secondary N) is 1. The number of hydrogen-bond donors (Lipinski definition) is 2. The Morgan fingerprint density at radius 3 is 2.89 bits per heavy atom. The van der Waals surface area contributed by atoms with E-state index in [1.54, 1.807) is 31.2 Å². The second-order valence-corrected chi connectivity index (χ2v) is 3.85. The molecule has 6 heteroatoms. The maximum atomic E-state index is 11.7. The predicted molar refractivity (Wildman–Crippen MR) is 69.1 cm³/mol. The Morgan fingerprint density at radius 2 is 2.21 bits per heavy atom. The number of carbonyl (C=O) groups is 2. The van der Waals surface area contributed by atoms with Crippen LogP contribution in [0, 0.1) is 0 Å². The molecule has 0 saturated carbocycles. The van der Waals surface area contributed by atoms with Crippen molar-refractivity contribution >= 4 is 23.1 Å². The lowest BCUT2D eigenvalue weighted by Gasteiger charge is -2.10. The van der Waals surface area contributed by atoms with Gasteiger partial charge in [0.25, 0.3) is 0 Å². The van der Waals surface area contributed by atoms with Gasteiger partial charge in [-0.1, -0.05) is 12.1 Å². The van der Waals surface area contributed by atoms with Crippen molar-refractivity contribution in [1.82, 2.24) is 0 Å². The molecule has 1 aromatic carbocycles. The molecule has 0 saturated heterocycles. The van der Waals surface area contributed by atoms with Crippen LogP contribution in [0.5, 0.6) is 0 Å². The molecular weight excluding hydrogens is 248 g/mol. The highest BCUT2D eigenvalue weighted by Gasteiger charge is 2.32. The molecule has 0 aromatic heterocycles. The molecule has 1 heterocycles. The lowest BCUT2D eigenvalue weighted by Crippen LogP contribution is -2.16. The van der Waals surface area contributed by atoms with Gasteiger partial charge in [0.1, 0.15) is 0 Å². The molecule has 0 spiro atoms. The molecule has 3 N–H and O–H groups in total. The molecule has 0 amide bonds. The second kappa shape index (κ2) is 5.43. The molecule has 1 aliphatic heterocycles. The highest BCUT2D eigenvalue weighted by atomic mass is 16.5. The summed E-state index contributed by atoms with van der Waals surface area (Å²) < 4.78 is 9.99. The molecule has 6 nitrogen and oxygen atoms in total. The van der Waals surface area contributed by atoms with Crippen molar-refractivity contribution in [3.63, 3.8) is 0 Å². The zero-order valence-corrected chi connectivity index (χ0v) is 10.4. The van der Waals surface area contributed by atoms with Gasteiger partial charge in [-0.3, -0.25) is 4.79 Å². The Bertz CT molecular complexity index is 551. The van der Waals surface area contributed by atoms with Gasteiger partial charge >= 0.3 is 5.97 Å². The molecule has 19 heavy (non-hydrogen) atoms. The van der Waals surface area contributed by atoms with Gasteiger partial charge in [0, 0.05) is 0 Å². The summed E-state index contributed by atoms with van der Waals surface area (Å²) in [7, 11) is 0. The van der Waals surface area contributed by atoms with E-state index in [1.807, 2.05) is 0 Å². The van der Waals surface area contributed by atoms with Crippen molar-refractivity contribution in [3.05, 3.63) is 35.7 Å². The maximum Gasteiger partial charge on any atom is 0.347 e. The Balaban J connectivity index is 2.28. The van der Waals surface area contributed by atoms with Crippen LogP contribution in [0.2, 0.25) is 0 Å². The Morgan fingerprint density at radius 1 is 1.47 bits per heavy atom. The first-order valence-electron chi connectivity index (χ1n) is 5.82. The smallest absolute Gasteiger partial charge is 0.347 e. The van der Waals surface area contributed by atoms with E-state index in [1.165, 1.54) is 0 Å². The topological polar surface area (TPSA) is 90.7 Å². The number of benzene rings is 1. The monoisotopic (exact) mass is 262 g/mol. The average Bonchev–Trinajstić information content (AvgIpc) is 2.74. The number of Topliss-reactive ketones (excluding diaryl/α,β-unsaturated/α-hetero) is 1. The largest absolute Gasteiger partial charge is 0.470 e. The van der Waals surface area contributed by atoms with Gasteiger partial charge < -0.3 is 20.5 Å². The Hall–Kier alpha value is -2.50. The Labute approximate surface area is 110 Å². The molecule has 100 valence electrons. The quantitative estimate of drug-likeness (QED) is 0.479. The summed E-state index contributed by atoms with van der Waals surface area (Å²) in [4.78, 5) is 23.3. The highest BCUT2D eigenvalue weighted by molar-refractivity contribution is 6.19. The van der Waals surface area contributed by atoms with Crippen LogP contribution in [0.25, 0.3) is 0 Å². The minimum Gasteiger partial charge on any atom is -0.470 e. The molecule has 0 atom stereocenters. The summed E-state index contributed by atoms with van der Waals surface area (Å²) in [6, 6.07) is 6.98. The zero-order chi connectivity index (χ0) is 13.8. The number of ketones is 1. The number of ether oxygens (including phenoxy) is 2. The zero-order valence-electron chi connectivity index (χ0n) is 10.4. The first kappa shape index (κ1) is 12.9. The summed E-state index contributed by atoms with van der Waals surface area (Å²) in [5.41, 5.74) is 6.72. The second-order valence-electron chi connectivity index (χ2n) is 3.85. The molecule has 1 aromatic rings. The first-order chi connectivity index (χ1) is 9.13. The van der Waals surface area contributed by atoms with Crippen LogP contribution in [0.15, 0.2) is 35.7 Å². The van der Waals surface area contributed by atoms with Crippen LogP contribution in [-0.4, -0.2) is 25.0 Å². The van der Waals surface area contributed by atoms with Gasteiger partial charge in [0.2, 0.25) is 11.7 Å². The average molecular weight is 262 g/mol. The number of esters is 1. The van der Waals surface area contributed by atoms with Gasteiger partial charge in [-0.15, -0.1) is 0 Å². The number of hydrogen-bond acceptors (Lipinski definition) is 6. The number of carbonyl (C=O) groups excluding carboxylic acids is 2.